The second kappa shape index (κ2) is 5.51. The van der Waals surface area contributed by atoms with Crippen molar-refractivity contribution < 1.29 is 9.22 Å². The molecule has 0 spiro atoms. The highest BCUT2D eigenvalue weighted by molar-refractivity contribution is 5.74. The molecule has 1 aliphatic heterocycles. The Morgan fingerprint density at radius 1 is 1.11 bits per heavy atom. The molecule has 2 heteroatoms. The minimum Gasteiger partial charge on any atom is -0.371 e. The highest BCUT2D eigenvalue weighted by atomic mass is 16.5. The summed E-state index contributed by atoms with van der Waals surface area (Å²) >= 11 is 0. The molecule has 2 nitrogen and oxygen atoms in total. The van der Waals surface area contributed by atoms with E-state index in [2.05, 4.69) is 69.7 Å². The summed E-state index contributed by atoms with van der Waals surface area (Å²) in [6, 6.07) is 10.9. The van der Waals surface area contributed by atoms with Crippen molar-refractivity contribution in [2.75, 3.05) is 34.4 Å². The monoisotopic (exact) mass is 244 g/mol. The van der Waals surface area contributed by atoms with Gasteiger partial charge in [-0.05, 0) is 17.2 Å². The van der Waals surface area contributed by atoms with Gasteiger partial charge >= 0.3 is 0 Å². The Balaban J connectivity index is 2.35. The number of benzene rings is 1. The summed E-state index contributed by atoms with van der Waals surface area (Å²) < 4.78 is 6.53. The molecule has 0 unspecified atom stereocenters. The molecule has 0 saturated heterocycles. The molecule has 1 aromatic carbocycles. The predicted molar refractivity (Wildman–Crippen MR) is 76.2 cm³/mol. The number of ether oxygens (including phenoxy) is 1. The predicted octanol–water partition coefficient (Wildman–Crippen LogP) is 2.73. The van der Waals surface area contributed by atoms with Crippen LogP contribution in [0.4, 0.5) is 0 Å². The first kappa shape index (κ1) is 13.1. The van der Waals surface area contributed by atoms with Crippen molar-refractivity contribution in [1.82, 2.24) is 0 Å². The number of quaternary nitrogens is 1. The largest absolute Gasteiger partial charge is 0.371 e. The molecular weight excluding hydrogens is 222 g/mol. The average molecular weight is 244 g/mol. The number of nitrogens with zero attached hydrogens (tertiary/aromatic N) is 1. The Kier molecular flexibility index (Phi) is 4.00. The summed E-state index contributed by atoms with van der Waals surface area (Å²) in [7, 11) is 6.62. The van der Waals surface area contributed by atoms with Crippen LogP contribution in [0.1, 0.15) is 5.56 Å². The highest BCUT2D eigenvalue weighted by Crippen LogP contribution is 2.20. The maximum Gasteiger partial charge on any atom is 0.132 e. The number of allylic oxidation sites excluding steroid dienone is 2. The van der Waals surface area contributed by atoms with Gasteiger partial charge in [-0.3, -0.25) is 0 Å². The van der Waals surface area contributed by atoms with Gasteiger partial charge < -0.3 is 9.22 Å². The molecule has 0 saturated carbocycles. The number of hydrogen-bond acceptors (Lipinski definition) is 1. The Morgan fingerprint density at radius 3 is 2.50 bits per heavy atom. The second-order valence-corrected chi connectivity index (χ2v) is 5.61. The molecule has 0 N–H and O–H groups in total. The van der Waals surface area contributed by atoms with Crippen molar-refractivity contribution in [3.63, 3.8) is 0 Å². The maximum atomic E-state index is 5.65. The Labute approximate surface area is 110 Å². The molecule has 1 aromatic rings. The lowest BCUT2D eigenvalue weighted by atomic mass is 10.0. The van der Waals surface area contributed by atoms with Gasteiger partial charge in [0.2, 0.25) is 0 Å². The summed E-state index contributed by atoms with van der Waals surface area (Å²) in [5.74, 6) is 0. The van der Waals surface area contributed by atoms with Crippen molar-refractivity contribution in [2.45, 2.75) is 6.04 Å². The van der Waals surface area contributed by atoms with E-state index in [1.165, 1.54) is 11.1 Å². The molecule has 96 valence electrons. The SMILES string of the molecule is C[N+](C)(C)[C@H]1C=C(c2ccccc2)C=CCOC1. The first-order chi connectivity index (χ1) is 8.57. The van der Waals surface area contributed by atoms with Crippen molar-refractivity contribution in [1.29, 1.82) is 0 Å². The van der Waals surface area contributed by atoms with Crippen LogP contribution in [-0.2, 0) is 4.74 Å². The standard InChI is InChI=1S/C16H22NO/c1-17(2,3)16-12-15(10-7-11-18-13-16)14-8-5-4-6-9-14/h4-10,12,16H,11,13H2,1-3H3/q+1/t16-/m0/s1. The molecule has 0 aliphatic carbocycles. The molecule has 0 amide bonds. The third-order valence-electron chi connectivity index (χ3n) is 3.27. The summed E-state index contributed by atoms with van der Waals surface area (Å²) in [6.07, 6.45) is 6.58. The van der Waals surface area contributed by atoms with E-state index in [1.54, 1.807) is 0 Å². The van der Waals surface area contributed by atoms with Crippen LogP contribution >= 0.6 is 0 Å². The van der Waals surface area contributed by atoms with E-state index < -0.39 is 0 Å². The Bertz CT molecular complexity index is 440. The lowest BCUT2D eigenvalue weighted by molar-refractivity contribution is -0.889. The van der Waals surface area contributed by atoms with Crippen LogP contribution in [0.15, 0.2) is 48.6 Å². The van der Waals surface area contributed by atoms with E-state index >= 15 is 0 Å². The lowest BCUT2D eigenvalue weighted by Crippen LogP contribution is -2.46. The summed E-state index contributed by atoms with van der Waals surface area (Å²) in [5.41, 5.74) is 2.56. The van der Waals surface area contributed by atoms with Crippen LogP contribution in [0.2, 0.25) is 0 Å². The van der Waals surface area contributed by atoms with Crippen molar-refractivity contribution in [3.05, 3.63) is 54.1 Å². The van der Waals surface area contributed by atoms with Gasteiger partial charge in [0.25, 0.3) is 0 Å². The molecule has 0 aromatic heterocycles. The van der Waals surface area contributed by atoms with Gasteiger partial charge in [0.1, 0.15) is 12.6 Å². The third kappa shape index (κ3) is 3.31. The maximum absolute atomic E-state index is 5.65. The van der Waals surface area contributed by atoms with Gasteiger partial charge in [-0.25, -0.2) is 0 Å². The molecule has 0 bridgehead atoms. The van der Waals surface area contributed by atoms with Crippen LogP contribution < -0.4 is 0 Å². The van der Waals surface area contributed by atoms with Crippen LogP contribution in [0.5, 0.6) is 0 Å². The zero-order valence-corrected chi connectivity index (χ0v) is 11.5. The van der Waals surface area contributed by atoms with Crippen LogP contribution in [0, 0.1) is 0 Å². The Hall–Kier alpha value is -1.38. The fourth-order valence-electron chi connectivity index (χ4n) is 2.01. The number of likely N-dealkylation sites (N-methyl/N-ethyl adjacent to an activating group) is 1. The molecular formula is C16H22NO+. The number of hydrogen-bond donors (Lipinski definition) is 0. The minimum absolute atomic E-state index is 0.380. The van der Waals surface area contributed by atoms with Gasteiger partial charge in [-0.15, -0.1) is 0 Å². The fraction of sp³-hybridized carbons (Fsp3) is 0.375. The summed E-state index contributed by atoms with van der Waals surface area (Å²) in [4.78, 5) is 0. The first-order valence-corrected chi connectivity index (χ1v) is 6.40. The molecule has 2 rings (SSSR count). The van der Waals surface area contributed by atoms with Crippen LogP contribution in [-0.4, -0.2) is 44.9 Å². The van der Waals surface area contributed by atoms with Crippen molar-refractivity contribution in [3.8, 4) is 0 Å². The van der Waals surface area contributed by atoms with Gasteiger partial charge in [0.05, 0.1) is 27.7 Å². The van der Waals surface area contributed by atoms with E-state index in [4.69, 9.17) is 4.74 Å². The second-order valence-electron chi connectivity index (χ2n) is 5.61. The topological polar surface area (TPSA) is 9.23 Å². The molecule has 1 atom stereocenters. The zero-order valence-electron chi connectivity index (χ0n) is 11.5. The van der Waals surface area contributed by atoms with Crippen molar-refractivity contribution in [2.24, 2.45) is 0 Å². The molecule has 0 radical (unpaired) electrons. The van der Waals surface area contributed by atoms with Gasteiger partial charge in [-0.2, -0.15) is 0 Å². The number of rotatable bonds is 2. The lowest BCUT2D eigenvalue weighted by Gasteiger charge is -2.33. The molecule has 18 heavy (non-hydrogen) atoms. The highest BCUT2D eigenvalue weighted by Gasteiger charge is 2.22. The van der Waals surface area contributed by atoms with E-state index in [9.17, 15) is 0 Å². The zero-order chi connectivity index (χ0) is 13.0. The Morgan fingerprint density at radius 2 is 1.83 bits per heavy atom. The average Bonchev–Trinajstić information content (AvgIpc) is 2.28. The van der Waals surface area contributed by atoms with E-state index in [0.717, 1.165) is 11.1 Å². The molecule has 0 fully saturated rings. The van der Waals surface area contributed by atoms with Crippen molar-refractivity contribution >= 4 is 5.57 Å². The smallest absolute Gasteiger partial charge is 0.132 e. The normalized spacial score (nSPS) is 21.1. The first-order valence-electron chi connectivity index (χ1n) is 6.40. The van der Waals surface area contributed by atoms with Gasteiger partial charge in [0, 0.05) is 0 Å². The van der Waals surface area contributed by atoms with Gasteiger partial charge in [-0.1, -0.05) is 42.5 Å². The van der Waals surface area contributed by atoms with Crippen LogP contribution in [0.3, 0.4) is 0 Å². The van der Waals surface area contributed by atoms with Crippen LogP contribution in [0.25, 0.3) is 5.57 Å². The molecule has 1 heterocycles. The summed E-state index contributed by atoms with van der Waals surface area (Å²) in [6.45, 7) is 1.46. The van der Waals surface area contributed by atoms with Gasteiger partial charge in [0.15, 0.2) is 0 Å². The fourth-order valence-corrected chi connectivity index (χ4v) is 2.01. The minimum atomic E-state index is 0.380. The van der Waals surface area contributed by atoms with E-state index in [0.29, 0.717) is 12.6 Å². The third-order valence-corrected chi connectivity index (χ3v) is 3.27. The summed E-state index contributed by atoms with van der Waals surface area (Å²) in [5, 5.41) is 0. The molecule has 1 aliphatic rings. The van der Waals surface area contributed by atoms with E-state index in [1.807, 2.05) is 0 Å². The quantitative estimate of drug-likeness (QED) is 0.727. The van der Waals surface area contributed by atoms with E-state index in [-0.39, 0.29) is 0 Å².